The van der Waals surface area contributed by atoms with Crippen molar-refractivity contribution in [3.05, 3.63) is 70.8 Å². The van der Waals surface area contributed by atoms with Crippen molar-refractivity contribution in [1.82, 2.24) is 5.48 Å². The number of carbonyl (C=O) groups excluding carboxylic acids is 1. The van der Waals surface area contributed by atoms with Gasteiger partial charge in [-0.1, -0.05) is 30.3 Å². The molecule has 0 unspecified atom stereocenters. The van der Waals surface area contributed by atoms with E-state index in [9.17, 15) is 31.1 Å². The Morgan fingerprint density at radius 2 is 1.40 bits per heavy atom. The fourth-order valence-corrected chi connectivity index (χ4v) is 1.90. The van der Waals surface area contributed by atoms with Gasteiger partial charge in [0.15, 0.2) is 0 Å². The summed E-state index contributed by atoms with van der Waals surface area (Å²) >= 11 is 0. The minimum Gasteiger partial charge on any atom is -0.269 e. The molecule has 9 heteroatoms. The molecule has 2 aromatic rings. The molecule has 0 heterocycles. The Kier molecular flexibility index (Phi) is 5.36. The first-order chi connectivity index (χ1) is 11.6. The molecule has 2 aromatic carbocycles. The topological polar surface area (TPSA) is 38.3 Å². The quantitative estimate of drug-likeness (QED) is 0.638. The van der Waals surface area contributed by atoms with Crippen LogP contribution in [0.15, 0.2) is 48.5 Å². The van der Waals surface area contributed by atoms with E-state index in [-0.39, 0.29) is 12.7 Å². The van der Waals surface area contributed by atoms with Gasteiger partial charge >= 0.3 is 12.4 Å². The van der Waals surface area contributed by atoms with E-state index < -0.39 is 35.0 Å². The number of rotatable bonds is 4. The number of hydrogen-bond donors (Lipinski definition) is 1. The highest BCUT2D eigenvalue weighted by Gasteiger charge is 2.37. The fraction of sp³-hybridized carbons (Fsp3) is 0.188. The van der Waals surface area contributed by atoms with Gasteiger partial charge in [0.05, 0.1) is 17.7 Å². The first-order valence-electron chi connectivity index (χ1n) is 6.83. The van der Waals surface area contributed by atoms with Crippen LogP contribution < -0.4 is 5.48 Å². The average molecular weight is 363 g/mol. The summed E-state index contributed by atoms with van der Waals surface area (Å²) in [6.07, 6.45) is -10.1. The van der Waals surface area contributed by atoms with Crippen LogP contribution in [0.5, 0.6) is 0 Å². The van der Waals surface area contributed by atoms with Crippen molar-refractivity contribution in [2.75, 3.05) is 0 Å². The van der Waals surface area contributed by atoms with Crippen LogP contribution in [0.2, 0.25) is 0 Å². The molecule has 0 spiro atoms. The zero-order chi connectivity index (χ0) is 18.7. The molecule has 0 saturated carbocycles. The maximum absolute atomic E-state index is 12.7. The summed E-state index contributed by atoms with van der Waals surface area (Å²) in [7, 11) is 0. The molecule has 1 amide bonds. The SMILES string of the molecule is O=C(NOCc1ccccc1)c1cc(C(F)(F)F)cc(C(F)(F)F)c1. The van der Waals surface area contributed by atoms with Crippen LogP contribution in [0.3, 0.4) is 0 Å². The summed E-state index contributed by atoms with van der Waals surface area (Å²) in [5.74, 6) is -1.22. The van der Waals surface area contributed by atoms with Gasteiger partial charge in [-0.25, -0.2) is 5.48 Å². The lowest BCUT2D eigenvalue weighted by molar-refractivity contribution is -0.143. The van der Waals surface area contributed by atoms with Crippen LogP contribution >= 0.6 is 0 Å². The van der Waals surface area contributed by atoms with Gasteiger partial charge in [0.1, 0.15) is 0 Å². The second-order valence-corrected chi connectivity index (χ2v) is 5.00. The minimum atomic E-state index is -5.03. The Morgan fingerprint density at radius 1 is 0.880 bits per heavy atom. The molecule has 0 aromatic heterocycles. The van der Waals surface area contributed by atoms with Crippen molar-refractivity contribution in [2.24, 2.45) is 0 Å². The molecule has 0 atom stereocenters. The molecular weight excluding hydrogens is 352 g/mol. The highest BCUT2D eigenvalue weighted by molar-refractivity contribution is 5.93. The number of nitrogens with one attached hydrogen (secondary N) is 1. The largest absolute Gasteiger partial charge is 0.416 e. The van der Waals surface area contributed by atoms with Gasteiger partial charge < -0.3 is 0 Å². The molecule has 0 saturated heterocycles. The average Bonchev–Trinajstić information content (AvgIpc) is 2.53. The Hall–Kier alpha value is -2.55. The van der Waals surface area contributed by atoms with Gasteiger partial charge in [-0.15, -0.1) is 0 Å². The highest BCUT2D eigenvalue weighted by atomic mass is 19.4. The summed E-state index contributed by atoms with van der Waals surface area (Å²) in [6, 6.07) is 9.07. The molecule has 0 radical (unpaired) electrons. The maximum Gasteiger partial charge on any atom is 0.416 e. The molecule has 2 rings (SSSR count). The van der Waals surface area contributed by atoms with E-state index in [1.165, 1.54) is 0 Å². The summed E-state index contributed by atoms with van der Waals surface area (Å²) in [5, 5.41) is 0. The van der Waals surface area contributed by atoms with E-state index in [1.807, 2.05) is 5.48 Å². The Labute approximate surface area is 138 Å². The maximum atomic E-state index is 12.7. The predicted molar refractivity (Wildman–Crippen MR) is 75.1 cm³/mol. The van der Waals surface area contributed by atoms with Crippen LogP contribution in [0.25, 0.3) is 0 Å². The van der Waals surface area contributed by atoms with Gasteiger partial charge in [0, 0.05) is 5.56 Å². The Morgan fingerprint density at radius 3 is 1.88 bits per heavy atom. The second-order valence-electron chi connectivity index (χ2n) is 5.00. The smallest absolute Gasteiger partial charge is 0.269 e. The van der Waals surface area contributed by atoms with Crippen molar-refractivity contribution in [2.45, 2.75) is 19.0 Å². The lowest BCUT2D eigenvalue weighted by atomic mass is 10.0. The second kappa shape index (κ2) is 7.14. The number of hydrogen-bond acceptors (Lipinski definition) is 2. The number of amides is 1. The molecule has 0 aliphatic heterocycles. The molecule has 1 N–H and O–H groups in total. The van der Waals surface area contributed by atoms with Crippen LogP contribution in [0.4, 0.5) is 26.3 Å². The molecule has 0 fully saturated rings. The standard InChI is InChI=1S/C16H11F6NO2/c17-15(18,19)12-6-11(7-13(8-12)16(20,21)22)14(24)23-25-9-10-4-2-1-3-5-10/h1-8H,9H2,(H,23,24). The third-order valence-corrected chi connectivity index (χ3v) is 3.10. The fourth-order valence-electron chi connectivity index (χ4n) is 1.90. The molecule has 0 aliphatic rings. The lowest BCUT2D eigenvalue weighted by Crippen LogP contribution is -2.25. The third kappa shape index (κ3) is 5.21. The van der Waals surface area contributed by atoms with Gasteiger partial charge in [0.2, 0.25) is 0 Å². The number of hydroxylamine groups is 1. The van der Waals surface area contributed by atoms with E-state index in [1.54, 1.807) is 30.3 Å². The zero-order valence-corrected chi connectivity index (χ0v) is 12.4. The van der Waals surface area contributed by atoms with Crippen molar-refractivity contribution in [3.8, 4) is 0 Å². The van der Waals surface area contributed by atoms with E-state index in [4.69, 9.17) is 4.84 Å². The number of alkyl halides is 6. The van der Waals surface area contributed by atoms with E-state index in [0.29, 0.717) is 17.7 Å². The summed E-state index contributed by atoms with van der Waals surface area (Å²) in [6.45, 7) is -0.0995. The van der Waals surface area contributed by atoms with Crippen molar-refractivity contribution >= 4 is 5.91 Å². The Balaban J connectivity index is 2.17. The van der Waals surface area contributed by atoms with Gasteiger partial charge in [0.25, 0.3) is 5.91 Å². The molecule has 134 valence electrons. The summed E-state index contributed by atoms with van der Waals surface area (Å²) in [4.78, 5) is 16.6. The van der Waals surface area contributed by atoms with Crippen LogP contribution in [-0.4, -0.2) is 5.91 Å². The summed E-state index contributed by atoms with van der Waals surface area (Å²) in [5.41, 5.74) is -1.47. The first-order valence-corrected chi connectivity index (χ1v) is 6.83. The van der Waals surface area contributed by atoms with Crippen molar-refractivity contribution in [3.63, 3.8) is 0 Å². The minimum absolute atomic E-state index is 0.0540. The monoisotopic (exact) mass is 363 g/mol. The zero-order valence-electron chi connectivity index (χ0n) is 12.4. The normalized spacial score (nSPS) is 12.1. The molecular formula is C16H11F6NO2. The number of halogens is 6. The van der Waals surface area contributed by atoms with Crippen LogP contribution in [0, 0.1) is 0 Å². The van der Waals surface area contributed by atoms with E-state index in [0.717, 1.165) is 0 Å². The van der Waals surface area contributed by atoms with Gasteiger partial charge in [-0.3, -0.25) is 9.63 Å². The van der Waals surface area contributed by atoms with E-state index in [2.05, 4.69) is 0 Å². The van der Waals surface area contributed by atoms with Crippen LogP contribution in [-0.2, 0) is 23.8 Å². The predicted octanol–water partition coefficient (Wildman–Crippen LogP) is 4.59. The van der Waals surface area contributed by atoms with Gasteiger partial charge in [-0.05, 0) is 23.8 Å². The number of benzene rings is 2. The highest BCUT2D eigenvalue weighted by Crippen LogP contribution is 2.36. The molecule has 0 bridgehead atoms. The van der Waals surface area contributed by atoms with Crippen molar-refractivity contribution < 1.29 is 36.0 Å². The Bertz CT molecular complexity index is 708. The molecule has 25 heavy (non-hydrogen) atoms. The van der Waals surface area contributed by atoms with Crippen molar-refractivity contribution in [1.29, 1.82) is 0 Å². The molecule has 3 nitrogen and oxygen atoms in total. The van der Waals surface area contributed by atoms with Gasteiger partial charge in [-0.2, -0.15) is 26.3 Å². The number of carbonyl (C=O) groups is 1. The van der Waals surface area contributed by atoms with Crippen LogP contribution in [0.1, 0.15) is 27.0 Å². The lowest BCUT2D eigenvalue weighted by Gasteiger charge is -2.14. The third-order valence-electron chi connectivity index (χ3n) is 3.10. The molecule has 0 aliphatic carbocycles. The first kappa shape index (κ1) is 18.8. The van der Waals surface area contributed by atoms with E-state index >= 15 is 0 Å². The summed E-state index contributed by atoms with van der Waals surface area (Å²) < 4.78 is 76.5.